The molecule has 0 saturated carbocycles. The fourth-order valence-corrected chi connectivity index (χ4v) is 3.80. The molecule has 2 aromatic carbocycles. The van der Waals surface area contributed by atoms with Gasteiger partial charge in [-0.3, -0.25) is 14.5 Å². The molecule has 0 atom stereocenters. The van der Waals surface area contributed by atoms with Crippen molar-refractivity contribution in [2.24, 2.45) is 0 Å². The molecule has 0 unspecified atom stereocenters. The van der Waals surface area contributed by atoms with Gasteiger partial charge in [0.2, 0.25) is 5.91 Å². The van der Waals surface area contributed by atoms with Gasteiger partial charge in [-0.05, 0) is 60.3 Å². The summed E-state index contributed by atoms with van der Waals surface area (Å²) < 4.78 is 0. The highest BCUT2D eigenvalue weighted by Gasteiger charge is 2.22. The first-order valence-electron chi connectivity index (χ1n) is 9.21. The van der Waals surface area contributed by atoms with Crippen molar-refractivity contribution in [1.82, 2.24) is 4.90 Å². The molecule has 0 radical (unpaired) electrons. The first-order chi connectivity index (χ1) is 12.6. The molecule has 5 heteroatoms. The molecule has 0 spiro atoms. The molecule has 2 amide bonds. The van der Waals surface area contributed by atoms with Crippen molar-refractivity contribution in [3.8, 4) is 0 Å². The molecule has 2 aliphatic heterocycles. The van der Waals surface area contributed by atoms with Crippen molar-refractivity contribution < 1.29 is 9.59 Å². The Kier molecular flexibility index (Phi) is 4.47. The predicted octanol–water partition coefficient (Wildman–Crippen LogP) is 3.55. The van der Waals surface area contributed by atoms with Crippen LogP contribution in [0.2, 0.25) is 0 Å². The van der Waals surface area contributed by atoms with E-state index < -0.39 is 0 Å². The van der Waals surface area contributed by atoms with E-state index in [-0.39, 0.29) is 11.8 Å². The van der Waals surface area contributed by atoms with Gasteiger partial charge in [0.05, 0.1) is 0 Å². The third kappa shape index (κ3) is 3.22. The first-order valence-corrected chi connectivity index (χ1v) is 9.21. The van der Waals surface area contributed by atoms with Crippen LogP contribution in [0.5, 0.6) is 0 Å². The number of benzene rings is 2. The van der Waals surface area contributed by atoms with Crippen molar-refractivity contribution in [3.63, 3.8) is 0 Å². The topological polar surface area (TPSA) is 61.4 Å². The number of anilines is 2. The number of nitrogens with zero attached hydrogens (tertiary/aromatic N) is 1. The van der Waals surface area contributed by atoms with Crippen molar-refractivity contribution in [2.75, 3.05) is 17.2 Å². The Bertz CT molecular complexity index is 876. The molecule has 4 rings (SSSR count). The maximum atomic E-state index is 12.8. The average Bonchev–Trinajstić information content (AvgIpc) is 3.05. The van der Waals surface area contributed by atoms with Crippen LogP contribution in [0.3, 0.4) is 0 Å². The number of hydrogen-bond acceptors (Lipinski definition) is 3. The molecule has 134 valence electrons. The molecule has 26 heavy (non-hydrogen) atoms. The second kappa shape index (κ2) is 6.92. The number of carbonyl (C=O) groups is 2. The lowest BCUT2D eigenvalue weighted by atomic mass is 10.00. The Morgan fingerprint density at radius 3 is 2.88 bits per heavy atom. The summed E-state index contributed by atoms with van der Waals surface area (Å²) in [6.07, 6.45) is 2.27. The van der Waals surface area contributed by atoms with Crippen LogP contribution >= 0.6 is 0 Å². The Balaban J connectivity index is 1.53. The van der Waals surface area contributed by atoms with Crippen LogP contribution in [-0.2, 0) is 24.3 Å². The highest BCUT2D eigenvalue weighted by Crippen LogP contribution is 2.30. The van der Waals surface area contributed by atoms with E-state index in [0.29, 0.717) is 18.4 Å². The summed E-state index contributed by atoms with van der Waals surface area (Å²) in [4.78, 5) is 26.6. The molecule has 0 aliphatic carbocycles. The Hall–Kier alpha value is -2.66. The van der Waals surface area contributed by atoms with Gasteiger partial charge in [0, 0.05) is 36.4 Å². The summed E-state index contributed by atoms with van der Waals surface area (Å²) in [5, 5.41) is 5.93. The van der Waals surface area contributed by atoms with Crippen molar-refractivity contribution in [2.45, 2.75) is 39.3 Å². The van der Waals surface area contributed by atoms with Crippen LogP contribution in [0.15, 0.2) is 36.4 Å². The monoisotopic (exact) mass is 349 g/mol. The summed E-state index contributed by atoms with van der Waals surface area (Å²) >= 11 is 0. The third-order valence-electron chi connectivity index (χ3n) is 5.10. The van der Waals surface area contributed by atoms with E-state index >= 15 is 0 Å². The lowest BCUT2D eigenvalue weighted by molar-refractivity contribution is -0.116. The number of aryl methyl sites for hydroxylation is 1. The van der Waals surface area contributed by atoms with E-state index in [9.17, 15) is 9.59 Å². The minimum absolute atomic E-state index is 0.0335. The molecule has 2 heterocycles. The van der Waals surface area contributed by atoms with Gasteiger partial charge in [-0.25, -0.2) is 0 Å². The molecular formula is C21H23N3O2. The van der Waals surface area contributed by atoms with E-state index in [4.69, 9.17) is 0 Å². The first kappa shape index (κ1) is 16.8. The maximum absolute atomic E-state index is 12.8. The van der Waals surface area contributed by atoms with Crippen LogP contribution in [0, 0.1) is 0 Å². The number of rotatable bonds is 4. The second-order valence-corrected chi connectivity index (χ2v) is 7.03. The molecule has 2 aromatic rings. The number of hydrogen-bond donors (Lipinski definition) is 2. The zero-order valence-corrected chi connectivity index (χ0v) is 15.0. The quantitative estimate of drug-likeness (QED) is 0.887. The minimum atomic E-state index is -0.105. The molecule has 0 fully saturated rings. The SMILES string of the molecule is CCCN1Cc2cccc(NC(=O)c3ccc4c(c3)CCC(=O)N4)c2C1. The third-order valence-corrected chi connectivity index (χ3v) is 5.10. The van der Waals surface area contributed by atoms with Gasteiger partial charge in [0.1, 0.15) is 0 Å². The molecule has 0 saturated heterocycles. The van der Waals surface area contributed by atoms with Crippen LogP contribution in [0.25, 0.3) is 0 Å². The zero-order chi connectivity index (χ0) is 18.1. The summed E-state index contributed by atoms with van der Waals surface area (Å²) in [5.41, 5.74) is 5.88. The largest absolute Gasteiger partial charge is 0.326 e. The summed E-state index contributed by atoms with van der Waals surface area (Å²) in [5.74, 6) is -0.0711. The second-order valence-electron chi connectivity index (χ2n) is 7.03. The van der Waals surface area contributed by atoms with E-state index in [1.165, 1.54) is 11.1 Å². The Labute approximate surface area is 153 Å². The van der Waals surface area contributed by atoms with Crippen molar-refractivity contribution in [1.29, 1.82) is 0 Å². The normalized spacial score (nSPS) is 16.0. The number of nitrogens with one attached hydrogen (secondary N) is 2. The van der Waals surface area contributed by atoms with Gasteiger partial charge in [-0.1, -0.05) is 19.1 Å². The van der Waals surface area contributed by atoms with Crippen LogP contribution in [0.1, 0.15) is 46.8 Å². The molecule has 5 nitrogen and oxygen atoms in total. The Morgan fingerprint density at radius 2 is 2.04 bits per heavy atom. The smallest absolute Gasteiger partial charge is 0.255 e. The highest BCUT2D eigenvalue weighted by molar-refractivity contribution is 6.05. The van der Waals surface area contributed by atoms with Gasteiger partial charge >= 0.3 is 0 Å². The van der Waals surface area contributed by atoms with Gasteiger partial charge in [-0.15, -0.1) is 0 Å². The molecule has 2 aliphatic rings. The van der Waals surface area contributed by atoms with Crippen LogP contribution in [0.4, 0.5) is 11.4 Å². The van der Waals surface area contributed by atoms with Crippen LogP contribution in [-0.4, -0.2) is 23.3 Å². The fraction of sp³-hybridized carbons (Fsp3) is 0.333. The molecule has 0 bridgehead atoms. The maximum Gasteiger partial charge on any atom is 0.255 e. The number of carbonyl (C=O) groups excluding carboxylic acids is 2. The van der Waals surface area contributed by atoms with E-state index in [1.54, 1.807) is 6.07 Å². The lowest BCUT2D eigenvalue weighted by Gasteiger charge is -2.17. The fourth-order valence-electron chi connectivity index (χ4n) is 3.80. The van der Waals surface area contributed by atoms with E-state index in [1.807, 2.05) is 24.3 Å². The molecule has 0 aromatic heterocycles. The number of fused-ring (bicyclic) bond motifs is 2. The predicted molar refractivity (Wildman–Crippen MR) is 102 cm³/mol. The highest BCUT2D eigenvalue weighted by atomic mass is 16.2. The average molecular weight is 349 g/mol. The Morgan fingerprint density at radius 1 is 1.15 bits per heavy atom. The van der Waals surface area contributed by atoms with Gasteiger partial charge in [0.25, 0.3) is 5.91 Å². The lowest BCUT2D eigenvalue weighted by Crippen LogP contribution is -2.20. The number of amides is 2. The van der Waals surface area contributed by atoms with Gasteiger partial charge in [-0.2, -0.15) is 0 Å². The summed E-state index contributed by atoms with van der Waals surface area (Å²) in [6.45, 7) is 5.09. The molecular weight excluding hydrogens is 326 g/mol. The van der Waals surface area contributed by atoms with E-state index in [0.717, 1.165) is 43.0 Å². The summed E-state index contributed by atoms with van der Waals surface area (Å²) in [7, 11) is 0. The van der Waals surface area contributed by atoms with E-state index in [2.05, 4.69) is 28.5 Å². The zero-order valence-electron chi connectivity index (χ0n) is 15.0. The van der Waals surface area contributed by atoms with Gasteiger partial charge < -0.3 is 10.6 Å². The van der Waals surface area contributed by atoms with Gasteiger partial charge in [0.15, 0.2) is 0 Å². The van der Waals surface area contributed by atoms with Crippen LogP contribution < -0.4 is 10.6 Å². The summed E-state index contributed by atoms with van der Waals surface area (Å²) in [6, 6.07) is 11.6. The standard InChI is InChI=1S/C21H23N3O2/c1-2-10-24-12-16-4-3-5-19(17(16)13-24)23-21(26)15-6-8-18-14(11-15)7-9-20(25)22-18/h3-6,8,11H,2,7,9-10,12-13H2,1H3,(H,22,25)(H,23,26). The molecule has 2 N–H and O–H groups in total. The minimum Gasteiger partial charge on any atom is -0.326 e. The van der Waals surface area contributed by atoms with Crippen molar-refractivity contribution >= 4 is 23.2 Å². The van der Waals surface area contributed by atoms with Crippen molar-refractivity contribution in [3.05, 3.63) is 58.7 Å².